The summed E-state index contributed by atoms with van der Waals surface area (Å²) in [4.78, 5) is 15.8. The van der Waals surface area contributed by atoms with Crippen LogP contribution in [0, 0.1) is 5.82 Å². The van der Waals surface area contributed by atoms with Crippen LogP contribution in [0.2, 0.25) is 5.02 Å². The number of rotatable bonds is 7. The van der Waals surface area contributed by atoms with Crippen LogP contribution in [0.15, 0.2) is 24.7 Å². The Balaban J connectivity index is 1.61. The van der Waals surface area contributed by atoms with Crippen molar-refractivity contribution in [2.24, 2.45) is 0 Å². The average Bonchev–Trinajstić information content (AvgIpc) is 3.14. The van der Waals surface area contributed by atoms with Crippen LogP contribution in [-0.2, 0) is 10.0 Å². The Morgan fingerprint density at radius 2 is 2.00 bits per heavy atom. The molecule has 1 saturated carbocycles. The van der Waals surface area contributed by atoms with Gasteiger partial charge in [0.25, 0.3) is 0 Å². The molecule has 0 aromatic carbocycles. The number of pyridine rings is 1. The molecule has 3 N–H and O–H groups in total. The minimum atomic E-state index is -3.38. The maximum Gasteiger partial charge on any atom is 0.211 e. The summed E-state index contributed by atoms with van der Waals surface area (Å²) in [6, 6.07) is 1.16. The first-order valence-electron chi connectivity index (χ1n) is 10.3. The Hall–Kier alpha value is -2.30. The van der Waals surface area contributed by atoms with Crippen molar-refractivity contribution in [1.82, 2.24) is 24.7 Å². The van der Waals surface area contributed by atoms with Crippen molar-refractivity contribution in [3.05, 3.63) is 35.5 Å². The second kappa shape index (κ2) is 9.05. The Kier molecular flexibility index (Phi) is 6.40. The van der Waals surface area contributed by atoms with Crippen molar-refractivity contribution in [2.75, 3.05) is 11.1 Å². The first-order valence-corrected chi connectivity index (χ1v) is 12.3. The van der Waals surface area contributed by atoms with Crippen LogP contribution in [0.1, 0.15) is 39.0 Å². The summed E-state index contributed by atoms with van der Waals surface area (Å²) in [5.41, 5.74) is 1.27. The fourth-order valence-electron chi connectivity index (χ4n) is 3.94. The van der Waals surface area contributed by atoms with E-state index in [9.17, 15) is 12.8 Å². The van der Waals surface area contributed by atoms with Gasteiger partial charge in [0.15, 0.2) is 17.5 Å². The molecule has 0 amide bonds. The maximum absolute atomic E-state index is 14.6. The van der Waals surface area contributed by atoms with Gasteiger partial charge in [0.1, 0.15) is 5.65 Å². The van der Waals surface area contributed by atoms with Crippen LogP contribution in [0.25, 0.3) is 22.4 Å². The number of aromatic amines is 1. The van der Waals surface area contributed by atoms with E-state index in [2.05, 4.69) is 30.0 Å². The highest BCUT2D eigenvalue weighted by Crippen LogP contribution is 2.29. The lowest BCUT2D eigenvalue weighted by molar-refractivity contribution is 0.377. The second-order valence-corrected chi connectivity index (χ2v) is 10.0. The SMILES string of the molecule is CCCS(=O)(=O)NC1CCCC[C@H]1Nc1nc(-c2c[nH]c3ncc(Cl)cc23)ncc1F. The summed E-state index contributed by atoms with van der Waals surface area (Å²) >= 11 is 6.07. The molecule has 166 valence electrons. The van der Waals surface area contributed by atoms with Gasteiger partial charge in [0.05, 0.1) is 17.0 Å². The van der Waals surface area contributed by atoms with Crippen LogP contribution in [-0.4, -0.2) is 46.2 Å². The van der Waals surface area contributed by atoms with Gasteiger partial charge >= 0.3 is 0 Å². The van der Waals surface area contributed by atoms with Crippen LogP contribution in [0.4, 0.5) is 10.2 Å². The molecule has 3 aromatic rings. The fourth-order valence-corrected chi connectivity index (χ4v) is 5.50. The van der Waals surface area contributed by atoms with Gasteiger partial charge < -0.3 is 10.3 Å². The van der Waals surface area contributed by atoms with E-state index in [1.165, 1.54) is 6.20 Å². The number of nitrogens with one attached hydrogen (secondary N) is 3. The largest absolute Gasteiger partial charge is 0.363 e. The number of sulfonamides is 1. The normalized spacial score (nSPS) is 19.6. The highest BCUT2D eigenvalue weighted by atomic mass is 35.5. The molecule has 0 spiro atoms. The molecule has 3 heterocycles. The first-order chi connectivity index (χ1) is 14.9. The van der Waals surface area contributed by atoms with Gasteiger partial charge in [-0.3, -0.25) is 0 Å². The number of H-pyrrole nitrogens is 1. The van der Waals surface area contributed by atoms with Crippen molar-refractivity contribution < 1.29 is 12.8 Å². The quantitative estimate of drug-likeness (QED) is 0.487. The van der Waals surface area contributed by atoms with Gasteiger partial charge in [0, 0.05) is 35.4 Å². The lowest BCUT2D eigenvalue weighted by Gasteiger charge is -2.33. The summed E-state index contributed by atoms with van der Waals surface area (Å²) in [6.45, 7) is 1.82. The minimum Gasteiger partial charge on any atom is -0.363 e. The molecule has 1 aliphatic rings. The molecule has 0 bridgehead atoms. The van der Waals surface area contributed by atoms with Crippen molar-refractivity contribution in [3.8, 4) is 11.4 Å². The molecule has 1 fully saturated rings. The number of fused-ring (bicyclic) bond motifs is 1. The number of anilines is 1. The topological polar surface area (TPSA) is 113 Å². The summed E-state index contributed by atoms with van der Waals surface area (Å²) in [5.74, 6) is -0.168. The zero-order valence-electron chi connectivity index (χ0n) is 17.0. The standard InChI is InChI=1S/C20H24ClFN6O2S/c1-2-7-31(29,30)28-17-6-4-3-5-16(17)26-20-15(22)11-25-19(27-20)14-10-24-18-13(14)8-12(21)9-23-18/h8-11,16-17,28H,2-7H2,1H3,(H,23,24)(H,25,26,27)/t16-,17?/m1/s1. The smallest absolute Gasteiger partial charge is 0.211 e. The number of aromatic nitrogens is 4. The maximum atomic E-state index is 14.6. The second-order valence-electron chi connectivity index (χ2n) is 7.72. The Morgan fingerprint density at radius 3 is 2.77 bits per heavy atom. The van der Waals surface area contributed by atoms with Crippen LogP contribution in [0.3, 0.4) is 0 Å². The molecule has 0 aliphatic heterocycles. The number of hydrogen-bond donors (Lipinski definition) is 3. The van der Waals surface area contributed by atoms with Crippen LogP contribution < -0.4 is 10.0 Å². The molecule has 11 heteroatoms. The predicted octanol–water partition coefficient (Wildman–Crippen LogP) is 3.86. The molecular weight excluding hydrogens is 443 g/mol. The third-order valence-electron chi connectivity index (χ3n) is 5.37. The predicted molar refractivity (Wildman–Crippen MR) is 119 cm³/mol. The first kappa shape index (κ1) is 21.9. The summed E-state index contributed by atoms with van der Waals surface area (Å²) in [7, 11) is -3.38. The molecule has 0 radical (unpaired) electrons. The van der Waals surface area contributed by atoms with E-state index in [4.69, 9.17) is 11.6 Å². The van der Waals surface area contributed by atoms with Crippen LogP contribution in [0.5, 0.6) is 0 Å². The molecule has 31 heavy (non-hydrogen) atoms. The zero-order chi connectivity index (χ0) is 22.0. The fraction of sp³-hybridized carbons (Fsp3) is 0.450. The number of halogens is 2. The van der Waals surface area contributed by atoms with Gasteiger partial charge in [-0.05, 0) is 25.3 Å². The van der Waals surface area contributed by atoms with E-state index in [0.29, 0.717) is 41.3 Å². The molecule has 8 nitrogen and oxygen atoms in total. The lowest BCUT2D eigenvalue weighted by atomic mass is 9.91. The van der Waals surface area contributed by atoms with Crippen molar-refractivity contribution in [3.63, 3.8) is 0 Å². The molecule has 0 saturated heterocycles. The lowest BCUT2D eigenvalue weighted by Crippen LogP contribution is -2.49. The van der Waals surface area contributed by atoms with Gasteiger partial charge in [-0.25, -0.2) is 32.5 Å². The van der Waals surface area contributed by atoms with Gasteiger partial charge in [-0.2, -0.15) is 0 Å². The van der Waals surface area contributed by atoms with E-state index in [-0.39, 0.29) is 23.7 Å². The summed E-state index contributed by atoms with van der Waals surface area (Å²) in [6.07, 6.45) is 8.12. The van der Waals surface area contributed by atoms with Gasteiger partial charge in [-0.15, -0.1) is 0 Å². The van der Waals surface area contributed by atoms with E-state index >= 15 is 0 Å². The Labute approximate surface area is 185 Å². The average molecular weight is 467 g/mol. The Bertz CT molecular complexity index is 1190. The van der Waals surface area contributed by atoms with Gasteiger partial charge in [0.2, 0.25) is 10.0 Å². The van der Waals surface area contributed by atoms with E-state index in [1.807, 2.05) is 6.92 Å². The Morgan fingerprint density at radius 1 is 1.23 bits per heavy atom. The monoisotopic (exact) mass is 466 g/mol. The summed E-state index contributed by atoms with van der Waals surface area (Å²) < 4.78 is 41.9. The minimum absolute atomic E-state index is 0.0425. The molecule has 1 unspecified atom stereocenters. The molecule has 3 aromatic heterocycles. The third-order valence-corrected chi connectivity index (χ3v) is 7.19. The van der Waals surface area contributed by atoms with Crippen molar-refractivity contribution in [2.45, 2.75) is 51.1 Å². The highest BCUT2D eigenvalue weighted by Gasteiger charge is 2.29. The third kappa shape index (κ3) is 4.97. The van der Waals surface area contributed by atoms with Gasteiger partial charge in [-0.1, -0.05) is 31.4 Å². The van der Waals surface area contributed by atoms with Crippen molar-refractivity contribution >= 4 is 38.5 Å². The number of nitrogens with zero attached hydrogens (tertiary/aromatic N) is 3. The highest BCUT2D eigenvalue weighted by molar-refractivity contribution is 7.89. The van der Waals surface area contributed by atoms with E-state index < -0.39 is 15.8 Å². The summed E-state index contributed by atoms with van der Waals surface area (Å²) in [5, 5.41) is 4.32. The van der Waals surface area contributed by atoms with Crippen molar-refractivity contribution in [1.29, 1.82) is 0 Å². The molecule has 2 atom stereocenters. The van der Waals surface area contributed by atoms with Crippen LogP contribution >= 0.6 is 11.6 Å². The molecular formula is C20H24ClFN6O2S. The number of hydrogen-bond acceptors (Lipinski definition) is 6. The van der Waals surface area contributed by atoms with E-state index in [0.717, 1.165) is 24.4 Å². The molecule has 1 aliphatic carbocycles. The molecule has 4 rings (SSSR count). The zero-order valence-corrected chi connectivity index (χ0v) is 18.6. The van der Waals surface area contributed by atoms with E-state index in [1.54, 1.807) is 12.3 Å².